The van der Waals surface area contributed by atoms with Crippen LogP contribution in [0.25, 0.3) is 0 Å². The zero-order valence-corrected chi connectivity index (χ0v) is 12.9. The molecule has 0 aliphatic rings. The van der Waals surface area contributed by atoms with Gasteiger partial charge in [-0.2, -0.15) is 0 Å². The van der Waals surface area contributed by atoms with Gasteiger partial charge < -0.3 is 5.11 Å². The number of aromatic carboxylic acids is 1. The van der Waals surface area contributed by atoms with E-state index in [1.807, 2.05) is 18.5 Å². The van der Waals surface area contributed by atoms with Gasteiger partial charge in [-0.3, -0.25) is 4.90 Å². The lowest BCUT2D eigenvalue weighted by molar-refractivity contribution is 0.0696. The van der Waals surface area contributed by atoms with Crippen LogP contribution in [0, 0.1) is 5.82 Å². The number of rotatable bonds is 6. The standard InChI is InChI=1S/C16H18FNO2S/c1-11(8-14-4-3-7-21-14)18(2)10-13-6-5-12(16(19)20)9-15(13)17/h3-7,9,11H,8,10H2,1-2H3,(H,19,20). The molecule has 1 aromatic heterocycles. The van der Waals surface area contributed by atoms with Crippen LogP contribution in [-0.2, 0) is 13.0 Å². The Morgan fingerprint density at radius 3 is 2.76 bits per heavy atom. The first-order valence-corrected chi connectivity index (χ1v) is 7.59. The van der Waals surface area contributed by atoms with E-state index in [9.17, 15) is 9.18 Å². The first-order valence-electron chi connectivity index (χ1n) is 6.71. The van der Waals surface area contributed by atoms with Gasteiger partial charge in [0.25, 0.3) is 0 Å². The fraction of sp³-hybridized carbons (Fsp3) is 0.312. The molecule has 1 heterocycles. The summed E-state index contributed by atoms with van der Waals surface area (Å²) in [7, 11) is 1.95. The van der Waals surface area contributed by atoms with Gasteiger partial charge in [0, 0.05) is 23.0 Å². The summed E-state index contributed by atoms with van der Waals surface area (Å²) in [5.41, 5.74) is 0.492. The predicted octanol–water partition coefficient (Wildman–Crippen LogP) is 3.65. The second kappa shape index (κ2) is 6.83. The van der Waals surface area contributed by atoms with Crippen molar-refractivity contribution in [3.8, 4) is 0 Å². The molecule has 1 unspecified atom stereocenters. The highest BCUT2D eigenvalue weighted by molar-refractivity contribution is 7.09. The Balaban J connectivity index is 2.01. The second-order valence-corrected chi connectivity index (χ2v) is 6.19. The Hall–Kier alpha value is -1.72. The number of carboxylic acids is 1. The molecule has 3 nitrogen and oxygen atoms in total. The van der Waals surface area contributed by atoms with Gasteiger partial charge in [0.15, 0.2) is 0 Å². The van der Waals surface area contributed by atoms with Gasteiger partial charge in [-0.05, 0) is 44.0 Å². The smallest absolute Gasteiger partial charge is 0.335 e. The third-order valence-electron chi connectivity index (χ3n) is 3.55. The Labute approximate surface area is 127 Å². The highest BCUT2D eigenvalue weighted by Gasteiger charge is 2.14. The molecule has 2 aromatic rings. The van der Waals surface area contributed by atoms with Crippen molar-refractivity contribution in [3.63, 3.8) is 0 Å². The van der Waals surface area contributed by atoms with Crippen LogP contribution in [-0.4, -0.2) is 29.1 Å². The van der Waals surface area contributed by atoms with Gasteiger partial charge in [0.05, 0.1) is 5.56 Å². The lowest BCUT2D eigenvalue weighted by Gasteiger charge is -2.24. The molecule has 1 N–H and O–H groups in total. The van der Waals surface area contributed by atoms with Crippen LogP contribution in [0.15, 0.2) is 35.7 Å². The first kappa shape index (κ1) is 15.7. The van der Waals surface area contributed by atoms with Crippen LogP contribution in [0.1, 0.15) is 27.7 Å². The van der Waals surface area contributed by atoms with Crippen LogP contribution >= 0.6 is 11.3 Å². The van der Waals surface area contributed by atoms with Crippen LogP contribution < -0.4 is 0 Å². The molecular formula is C16H18FNO2S. The minimum absolute atomic E-state index is 0.0227. The van der Waals surface area contributed by atoms with Crippen LogP contribution in [0.2, 0.25) is 0 Å². The minimum Gasteiger partial charge on any atom is -0.478 e. The van der Waals surface area contributed by atoms with E-state index < -0.39 is 11.8 Å². The second-order valence-electron chi connectivity index (χ2n) is 5.16. The molecule has 0 spiro atoms. The lowest BCUT2D eigenvalue weighted by atomic mass is 10.1. The van der Waals surface area contributed by atoms with Crippen molar-refractivity contribution in [1.29, 1.82) is 0 Å². The molecule has 0 fully saturated rings. The summed E-state index contributed by atoms with van der Waals surface area (Å²) in [6, 6.07) is 8.47. The lowest BCUT2D eigenvalue weighted by Crippen LogP contribution is -2.30. The van der Waals surface area contributed by atoms with Gasteiger partial charge in [0.2, 0.25) is 0 Å². The summed E-state index contributed by atoms with van der Waals surface area (Å²) < 4.78 is 13.9. The van der Waals surface area contributed by atoms with E-state index in [1.54, 1.807) is 17.4 Å². The van der Waals surface area contributed by atoms with E-state index in [4.69, 9.17) is 5.11 Å². The summed E-state index contributed by atoms with van der Waals surface area (Å²) in [6.45, 7) is 2.56. The maximum Gasteiger partial charge on any atom is 0.335 e. The zero-order chi connectivity index (χ0) is 15.4. The summed E-state index contributed by atoms with van der Waals surface area (Å²) in [5.74, 6) is -1.58. The molecule has 0 saturated carbocycles. The molecule has 112 valence electrons. The molecule has 0 saturated heterocycles. The predicted molar refractivity (Wildman–Crippen MR) is 82.3 cm³/mol. The molecular weight excluding hydrogens is 289 g/mol. The fourth-order valence-corrected chi connectivity index (χ4v) is 2.94. The molecule has 1 atom stereocenters. The van der Waals surface area contributed by atoms with Gasteiger partial charge >= 0.3 is 5.97 Å². The average Bonchev–Trinajstić information content (AvgIpc) is 2.93. The number of likely N-dealkylation sites (N-methyl/N-ethyl adjacent to an activating group) is 1. The van der Waals surface area contributed by atoms with Gasteiger partial charge in [0.1, 0.15) is 5.82 Å². The van der Waals surface area contributed by atoms with Crippen molar-refractivity contribution >= 4 is 17.3 Å². The molecule has 0 aliphatic carbocycles. The van der Waals surface area contributed by atoms with E-state index in [0.29, 0.717) is 12.1 Å². The zero-order valence-electron chi connectivity index (χ0n) is 12.0. The molecule has 0 bridgehead atoms. The number of benzene rings is 1. The van der Waals surface area contributed by atoms with Crippen molar-refractivity contribution in [1.82, 2.24) is 4.90 Å². The van der Waals surface area contributed by atoms with E-state index in [2.05, 4.69) is 17.9 Å². The summed E-state index contributed by atoms with van der Waals surface area (Å²) in [4.78, 5) is 14.2. The van der Waals surface area contributed by atoms with Gasteiger partial charge in [-0.15, -0.1) is 11.3 Å². The highest BCUT2D eigenvalue weighted by atomic mass is 32.1. The molecule has 5 heteroatoms. The van der Waals surface area contributed by atoms with Crippen LogP contribution in [0.3, 0.4) is 0 Å². The Bertz CT molecular complexity index is 613. The van der Waals surface area contributed by atoms with Crippen LogP contribution in [0.4, 0.5) is 4.39 Å². The maximum atomic E-state index is 13.9. The average molecular weight is 307 g/mol. The largest absolute Gasteiger partial charge is 0.478 e. The third-order valence-corrected chi connectivity index (χ3v) is 4.45. The van der Waals surface area contributed by atoms with Crippen LogP contribution in [0.5, 0.6) is 0 Å². The summed E-state index contributed by atoms with van der Waals surface area (Å²) in [5, 5.41) is 10.9. The highest BCUT2D eigenvalue weighted by Crippen LogP contribution is 2.17. The number of hydrogen-bond donors (Lipinski definition) is 1. The number of nitrogens with zero attached hydrogens (tertiary/aromatic N) is 1. The van der Waals surface area contributed by atoms with Gasteiger partial charge in [-0.1, -0.05) is 12.1 Å². The summed E-state index contributed by atoms with van der Waals surface area (Å²) >= 11 is 1.72. The number of hydrogen-bond acceptors (Lipinski definition) is 3. The van der Waals surface area contributed by atoms with Crippen molar-refractivity contribution < 1.29 is 14.3 Å². The Kier molecular flexibility index (Phi) is 5.09. The monoisotopic (exact) mass is 307 g/mol. The van der Waals surface area contributed by atoms with Crippen molar-refractivity contribution in [2.45, 2.75) is 25.9 Å². The van der Waals surface area contributed by atoms with E-state index in [0.717, 1.165) is 12.5 Å². The van der Waals surface area contributed by atoms with E-state index >= 15 is 0 Å². The fourth-order valence-electron chi connectivity index (χ4n) is 2.11. The van der Waals surface area contributed by atoms with Crippen molar-refractivity contribution in [3.05, 3.63) is 57.5 Å². The Morgan fingerprint density at radius 2 is 2.19 bits per heavy atom. The maximum absolute atomic E-state index is 13.9. The van der Waals surface area contributed by atoms with Crippen molar-refractivity contribution in [2.24, 2.45) is 0 Å². The minimum atomic E-state index is -1.11. The first-order chi connectivity index (χ1) is 9.97. The van der Waals surface area contributed by atoms with Crippen molar-refractivity contribution in [2.75, 3.05) is 7.05 Å². The number of thiophene rings is 1. The Morgan fingerprint density at radius 1 is 1.43 bits per heavy atom. The third kappa shape index (κ3) is 4.12. The summed E-state index contributed by atoms with van der Waals surface area (Å²) in [6.07, 6.45) is 0.920. The van der Waals surface area contributed by atoms with Gasteiger partial charge in [-0.25, -0.2) is 9.18 Å². The molecule has 0 radical (unpaired) electrons. The quantitative estimate of drug-likeness (QED) is 0.885. The molecule has 21 heavy (non-hydrogen) atoms. The molecule has 2 rings (SSSR count). The SMILES string of the molecule is CC(Cc1cccs1)N(C)Cc1ccc(C(=O)O)cc1F. The topological polar surface area (TPSA) is 40.5 Å². The molecule has 0 amide bonds. The number of carboxylic acid groups (broad SMARTS) is 1. The number of halogens is 1. The van der Waals surface area contributed by atoms with E-state index in [1.165, 1.54) is 10.9 Å². The normalized spacial score (nSPS) is 12.6. The number of carbonyl (C=O) groups is 1. The van der Waals surface area contributed by atoms with E-state index in [-0.39, 0.29) is 11.6 Å². The molecule has 0 aliphatic heterocycles. The molecule has 1 aromatic carbocycles.